The Hall–Kier alpha value is -6.31. The number of rotatable bonds is 14. The highest BCUT2D eigenvalue weighted by Crippen LogP contribution is 2.57. The maximum absolute atomic E-state index is 14.2. The molecule has 2 aliphatic carbocycles. The number of carbonyl (C=O) groups excluding carboxylic acids is 1. The van der Waals surface area contributed by atoms with Crippen molar-refractivity contribution >= 4 is 72.9 Å². The zero-order valence-corrected chi connectivity index (χ0v) is 40.2. The number of hydrogen-bond donors (Lipinski definition) is 0. The zero-order chi connectivity index (χ0) is 46.1. The standard InChI is InChI=1S/C62H52O4S2/c1-3-5-7-9-31-61(32-10-8-6-4-2)51-33-40(54-29-25-42(67-54)35-49-58(63)46-19-11-15-38-16-12-20-47(56(38)46)59(49)64)23-27-44(51)45-28-24-41(34-52(45)61)55-30-26-43(68-55)36-53-60(65)48-21-13-17-39-18-14-22-50(57(39)48)62(53)37-66-62/h11-30,33-36H,3-10,31-32,37H2,1-2H3/b53-36-. The highest BCUT2D eigenvalue weighted by molar-refractivity contribution is 7.16. The monoisotopic (exact) mass is 924 g/mol. The first-order valence-corrected chi connectivity index (χ1v) is 26.2. The van der Waals surface area contributed by atoms with Gasteiger partial charge in [0.2, 0.25) is 0 Å². The van der Waals surface area contributed by atoms with Crippen molar-refractivity contribution in [2.45, 2.75) is 89.1 Å². The third-order valence-electron chi connectivity index (χ3n) is 15.3. The fraction of sp³-hybridized carbons (Fsp3) is 0.242. The van der Waals surface area contributed by atoms with E-state index < -0.39 is 5.60 Å². The Bertz CT molecular complexity index is 3610. The number of thiophene rings is 2. The Morgan fingerprint density at radius 1 is 0.529 bits per heavy atom. The number of ketones is 1. The average molecular weight is 925 g/mol. The smallest absolute Gasteiger partial charge is 0.197 e. The fourth-order valence-electron chi connectivity index (χ4n) is 11.8. The van der Waals surface area contributed by atoms with E-state index in [1.54, 1.807) is 28.7 Å². The van der Waals surface area contributed by atoms with Crippen molar-refractivity contribution in [3.05, 3.63) is 197 Å². The van der Waals surface area contributed by atoms with Crippen LogP contribution in [-0.2, 0) is 15.8 Å². The summed E-state index contributed by atoms with van der Waals surface area (Å²) in [7, 11) is 0. The van der Waals surface area contributed by atoms with E-state index in [0.717, 1.165) is 78.6 Å². The van der Waals surface area contributed by atoms with Gasteiger partial charge in [-0.3, -0.25) is 14.4 Å². The number of hydrogen-bond acceptors (Lipinski definition) is 6. The molecule has 2 aromatic heterocycles. The molecule has 3 heterocycles. The molecule has 1 saturated heterocycles. The molecule has 0 amide bonds. The molecule has 0 radical (unpaired) electrons. The predicted octanol–water partition coefficient (Wildman–Crippen LogP) is 15.0. The van der Waals surface area contributed by atoms with Crippen LogP contribution in [0.1, 0.15) is 115 Å². The molecule has 3 aliphatic rings. The van der Waals surface area contributed by atoms with Gasteiger partial charge in [-0.05, 0) is 116 Å². The summed E-state index contributed by atoms with van der Waals surface area (Å²) in [5.74, 6) is 0.0572. The summed E-state index contributed by atoms with van der Waals surface area (Å²) in [5.41, 5.74) is 9.22. The second-order valence-corrected chi connectivity index (χ2v) is 21.5. The number of epoxide rings is 1. The van der Waals surface area contributed by atoms with Crippen molar-refractivity contribution in [1.82, 2.24) is 0 Å². The molecule has 4 nitrogen and oxygen atoms in total. The largest absolute Gasteiger partial charge is 0.359 e. The van der Waals surface area contributed by atoms with E-state index in [1.807, 2.05) is 48.5 Å². The molecule has 0 N–H and O–H groups in total. The number of carbonyl (C=O) groups is 1. The van der Waals surface area contributed by atoms with Crippen LogP contribution in [-0.4, -0.2) is 12.4 Å². The Morgan fingerprint density at radius 2 is 1.06 bits per heavy atom. The molecule has 1 atom stereocenters. The topological polar surface area (TPSA) is 63.7 Å². The minimum Gasteiger partial charge on any atom is -0.359 e. The molecule has 9 aromatic rings. The summed E-state index contributed by atoms with van der Waals surface area (Å²) in [6.45, 7) is 5.09. The van der Waals surface area contributed by atoms with Gasteiger partial charge in [0.15, 0.2) is 16.6 Å². The molecule has 1 spiro atoms. The lowest BCUT2D eigenvalue weighted by Gasteiger charge is -2.33. The molecular weight excluding hydrogens is 873 g/mol. The van der Waals surface area contributed by atoms with Gasteiger partial charge in [0.1, 0.15) is 5.60 Å². The lowest BCUT2D eigenvalue weighted by Crippen LogP contribution is -2.38. The van der Waals surface area contributed by atoms with Crippen molar-refractivity contribution in [3.63, 3.8) is 0 Å². The Morgan fingerprint density at radius 3 is 1.62 bits per heavy atom. The fourth-order valence-corrected chi connectivity index (χ4v) is 13.7. The first-order valence-electron chi connectivity index (χ1n) is 24.6. The number of Topliss-reactive ketones (excluding diaryl/α,β-unsaturated/α-hetero) is 1. The summed E-state index contributed by atoms with van der Waals surface area (Å²) < 4.78 is 6.21. The lowest BCUT2D eigenvalue weighted by atomic mass is 9.70. The highest BCUT2D eigenvalue weighted by atomic mass is 32.1. The Balaban J connectivity index is 0.923. The summed E-state index contributed by atoms with van der Waals surface area (Å²) in [4.78, 5) is 46.2. The summed E-state index contributed by atoms with van der Waals surface area (Å²) in [5, 5.41) is 5.18. The average Bonchev–Trinajstić information content (AvgIpc) is 3.65. The predicted molar refractivity (Wildman–Crippen MR) is 285 cm³/mol. The van der Waals surface area contributed by atoms with E-state index >= 15 is 0 Å². The van der Waals surface area contributed by atoms with Crippen LogP contribution in [0, 0.1) is 0 Å². The second kappa shape index (κ2) is 17.0. The van der Waals surface area contributed by atoms with Gasteiger partial charge in [0.25, 0.3) is 0 Å². The van der Waals surface area contributed by atoms with Gasteiger partial charge in [-0.25, -0.2) is 0 Å². The van der Waals surface area contributed by atoms with Gasteiger partial charge in [-0.15, -0.1) is 22.7 Å². The van der Waals surface area contributed by atoms with Crippen LogP contribution in [0.15, 0.2) is 149 Å². The Kier molecular flexibility index (Phi) is 10.8. The first kappa shape index (κ1) is 43.0. The van der Waals surface area contributed by atoms with Gasteiger partial charge in [-0.2, -0.15) is 0 Å². The molecule has 1 aliphatic heterocycles. The third-order valence-corrected chi connectivity index (χ3v) is 17.4. The number of benzene rings is 7. The van der Waals surface area contributed by atoms with E-state index in [0.29, 0.717) is 17.4 Å². The SMILES string of the molecule is CCCCCCC1(CCCCCC)c2cc(-c3ccc(C=c4c(=O)c5cccc6cccc(c4=O)c65)s3)ccc2-c2ccc(-c3ccc(/C=C4/C(=O)c5cccc6cccc(c56)C45CO5)s3)cc21. The number of ether oxygens (including phenoxy) is 1. The third kappa shape index (κ3) is 6.89. The maximum atomic E-state index is 14.2. The summed E-state index contributed by atoms with van der Waals surface area (Å²) in [6, 6.07) is 46.5. The highest BCUT2D eigenvalue weighted by Gasteiger charge is 2.56. The van der Waals surface area contributed by atoms with Crippen molar-refractivity contribution in [2.75, 3.05) is 6.61 Å². The van der Waals surface area contributed by atoms with E-state index in [4.69, 9.17) is 4.74 Å². The van der Waals surface area contributed by atoms with Crippen LogP contribution < -0.4 is 16.1 Å². The van der Waals surface area contributed by atoms with E-state index in [9.17, 15) is 14.4 Å². The van der Waals surface area contributed by atoms with Gasteiger partial charge in [-0.1, -0.05) is 162 Å². The van der Waals surface area contributed by atoms with Crippen molar-refractivity contribution in [2.24, 2.45) is 0 Å². The molecule has 68 heavy (non-hydrogen) atoms. The molecule has 336 valence electrons. The maximum Gasteiger partial charge on any atom is 0.197 e. The van der Waals surface area contributed by atoms with E-state index in [1.165, 1.54) is 76.8 Å². The number of unbranched alkanes of at least 4 members (excludes halogenated alkanes) is 6. The zero-order valence-electron chi connectivity index (χ0n) is 38.6. The van der Waals surface area contributed by atoms with Crippen LogP contribution in [0.2, 0.25) is 0 Å². The lowest BCUT2D eigenvalue weighted by molar-refractivity contribution is 0.101. The summed E-state index contributed by atoms with van der Waals surface area (Å²) >= 11 is 3.38. The molecule has 1 unspecified atom stereocenters. The van der Waals surface area contributed by atoms with Gasteiger partial charge < -0.3 is 4.74 Å². The summed E-state index contributed by atoms with van der Waals surface area (Å²) in [6.07, 6.45) is 15.7. The quantitative estimate of drug-likeness (QED) is 0.0619. The molecule has 7 aromatic carbocycles. The molecule has 0 bridgehead atoms. The minimum absolute atomic E-state index is 0.0572. The van der Waals surface area contributed by atoms with E-state index in [-0.39, 0.29) is 27.3 Å². The van der Waals surface area contributed by atoms with E-state index in [2.05, 4.69) is 105 Å². The van der Waals surface area contributed by atoms with Crippen LogP contribution in [0.5, 0.6) is 0 Å². The van der Waals surface area contributed by atoms with Gasteiger partial charge in [0.05, 0.1) is 11.8 Å². The van der Waals surface area contributed by atoms with Crippen LogP contribution in [0.4, 0.5) is 0 Å². The van der Waals surface area contributed by atoms with Crippen molar-refractivity contribution in [3.8, 4) is 32.0 Å². The molecular formula is C62H52O4S2. The molecule has 0 saturated carbocycles. The molecule has 12 rings (SSSR count). The number of fused-ring (bicyclic) bond motifs is 4. The molecule has 6 heteroatoms. The van der Waals surface area contributed by atoms with Crippen LogP contribution in [0.3, 0.4) is 0 Å². The first-order chi connectivity index (χ1) is 33.3. The second-order valence-electron chi connectivity index (χ2n) is 19.3. The van der Waals surface area contributed by atoms with Gasteiger partial charge in [0, 0.05) is 52.2 Å². The van der Waals surface area contributed by atoms with Crippen LogP contribution >= 0.6 is 22.7 Å². The van der Waals surface area contributed by atoms with Crippen LogP contribution in [0.25, 0.3) is 76.5 Å². The minimum atomic E-state index is -0.680. The van der Waals surface area contributed by atoms with Crippen molar-refractivity contribution in [1.29, 1.82) is 0 Å². The Labute approximate surface area is 404 Å². The van der Waals surface area contributed by atoms with Crippen molar-refractivity contribution < 1.29 is 9.53 Å². The normalized spacial score (nSPS) is 17.2. The molecule has 1 fully saturated rings. The van der Waals surface area contributed by atoms with Gasteiger partial charge >= 0.3 is 0 Å².